The molecule has 2 rings (SSSR count). The molecule has 1 fully saturated rings. The molecule has 5 nitrogen and oxygen atoms in total. The number of rotatable bonds is 4. The summed E-state index contributed by atoms with van der Waals surface area (Å²) in [6, 6.07) is 6.45. The molecule has 0 radical (unpaired) electrons. The highest BCUT2D eigenvalue weighted by atomic mass is 32.2. The SMILES string of the molecule is NC(=S)Nc1ccc(S(=O)(=O)NC2CCCCC2)cc1. The van der Waals surface area contributed by atoms with E-state index in [9.17, 15) is 8.42 Å². The van der Waals surface area contributed by atoms with E-state index in [-0.39, 0.29) is 16.0 Å². The summed E-state index contributed by atoms with van der Waals surface area (Å²) < 4.78 is 27.3. The average Bonchev–Trinajstić information content (AvgIpc) is 2.39. The fourth-order valence-corrected chi connectivity index (χ4v) is 3.79. The Morgan fingerprint density at radius 2 is 1.75 bits per heavy atom. The van der Waals surface area contributed by atoms with Crippen molar-refractivity contribution in [3.05, 3.63) is 24.3 Å². The third-order valence-corrected chi connectivity index (χ3v) is 5.00. The van der Waals surface area contributed by atoms with Crippen LogP contribution in [0.5, 0.6) is 0 Å². The van der Waals surface area contributed by atoms with E-state index in [0.29, 0.717) is 5.69 Å². The van der Waals surface area contributed by atoms with Crippen LogP contribution in [0.4, 0.5) is 5.69 Å². The zero-order valence-electron chi connectivity index (χ0n) is 11.1. The molecule has 0 saturated heterocycles. The van der Waals surface area contributed by atoms with Crippen molar-refractivity contribution in [2.45, 2.75) is 43.0 Å². The van der Waals surface area contributed by atoms with Gasteiger partial charge < -0.3 is 11.1 Å². The highest BCUT2D eigenvalue weighted by Gasteiger charge is 2.21. The second-order valence-electron chi connectivity index (χ2n) is 4.97. The lowest BCUT2D eigenvalue weighted by Crippen LogP contribution is -2.36. The Hall–Kier alpha value is -1.18. The van der Waals surface area contributed by atoms with E-state index < -0.39 is 10.0 Å². The minimum atomic E-state index is -3.45. The fourth-order valence-electron chi connectivity index (χ4n) is 2.37. The van der Waals surface area contributed by atoms with Crippen LogP contribution in [0.3, 0.4) is 0 Å². The molecular formula is C13H19N3O2S2. The third-order valence-electron chi connectivity index (χ3n) is 3.36. The molecule has 0 unspecified atom stereocenters. The molecule has 4 N–H and O–H groups in total. The fraction of sp³-hybridized carbons (Fsp3) is 0.462. The first-order chi connectivity index (χ1) is 9.47. The van der Waals surface area contributed by atoms with Crippen molar-refractivity contribution in [2.75, 3.05) is 5.32 Å². The Bertz CT molecular complexity index is 564. The van der Waals surface area contributed by atoms with Crippen molar-refractivity contribution >= 4 is 33.0 Å². The van der Waals surface area contributed by atoms with Crippen LogP contribution in [0, 0.1) is 0 Å². The van der Waals surface area contributed by atoms with Crippen LogP contribution in [0.2, 0.25) is 0 Å². The van der Waals surface area contributed by atoms with Gasteiger partial charge >= 0.3 is 0 Å². The van der Waals surface area contributed by atoms with Crippen LogP contribution in [0.25, 0.3) is 0 Å². The van der Waals surface area contributed by atoms with Crippen LogP contribution >= 0.6 is 12.2 Å². The summed E-state index contributed by atoms with van der Waals surface area (Å²) in [6.45, 7) is 0. The molecule has 0 spiro atoms. The van der Waals surface area contributed by atoms with Crippen LogP contribution in [0.15, 0.2) is 29.2 Å². The van der Waals surface area contributed by atoms with Crippen molar-refractivity contribution in [3.63, 3.8) is 0 Å². The van der Waals surface area contributed by atoms with Crippen molar-refractivity contribution in [1.82, 2.24) is 4.72 Å². The van der Waals surface area contributed by atoms with Crippen LogP contribution in [0.1, 0.15) is 32.1 Å². The highest BCUT2D eigenvalue weighted by molar-refractivity contribution is 7.89. The molecule has 0 aromatic heterocycles. The van der Waals surface area contributed by atoms with Crippen molar-refractivity contribution < 1.29 is 8.42 Å². The Labute approximate surface area is 125 Å². The van der Waals surface area contributed by atoms with Gasteiger partial charge in [-0.25, -0.2) is 13.1 Å². The van der Waals surface area contributed by atoms with Gasteiger partial charge in [-0.1, -0.05) is 19.3 Å². The average molecular weight is 313 g/mol. The van der Waals surface area contributed by atoms with Gasteiger partial charge in [-0.3, -0.25) is 0 Å². The number of thiocarbonyl (C=S) groups is 1. The zero-order valence-corrected chi connectivity index (χ0v) is 12.8. The van der Waals surface area contributed by atoms with Crippen LogP contribution in [-0.2, 0) is 10.0 Å². The molecule has 7 heteroatoms. The lowest BCUT2D eigenvalue weighted by Gasteiger charge is -2.22. The number of anilines is 1. The first-order valence-electron chi connectivity index (χ1n) is 6.66. The molecule has 1 saturated carbocycles. The summed E-state index contributed by atoms with van der Waals surface area (Å²) in [7, 11) is -3.45. The minimum Gasteiger partial charge on any atom is -0.376 e. The van der Waals surface area contributed by atoms with Crippen LogP contribution < -0.4 is 15.8 Å². The monoisotopic (exact) mass is 313 g/mol. The number of sulfonamides is 1. The number of benzene rings is 1. The molecule has 110 valence electrons. The van der Waals surface area contributed by atoms with E-state index in [4.69, 9.17) is 18.0 Å². The van der Waals surface area contributed by atoms with E-state index in [1.54, 1.807) is 24.3 Å². The molecule has 0 aliphatic heterocycles. The van der Waals surface area contributed by atoms with E-state index in [0.717, 1.165) is 25.7 Å². The van der Waals surface area contributed by atoms with Gasteiger partial charge in [-0.2, -0.15) is 0 Å². The molecule has 1 aromatic carbocycles. The second kappa shape index (κ2) is 6.51. The predicted octanol–water partition coefficient (Wildman–Crippen LogP) is 1.95. The van der Waals surface area contributed by atoms with Gasteiger partial charge in [0.2, 0.25) is 10.0 Å². The van der Waals surface area contributed by atoms with Crippen LogP contribution in [-0.4, -0.2) is 19.6 Å². The zero-order chi connectivity index (χ0) is 14.6. The maximum absolute atomic E-state index is 12.3. The van der Waals surface area contributed by atoms with Crippen molar-refractivity contribution in [3.8, 4) is 0 Å². The van der Waals surface area contributed by atoms with Crippen molar-refractivity contribution in [2.24, 2.45) is 5.73 Å². The molecule has 0 heterocycles. The molecule has 1 aliphatic rings. The summed E-state index contributed by atoms with van der Waals surface area (Å²) in [5.74, 6) is 0. The van der Waals surface area contributed by atoms with Gasteiger partial charge in [-0.15, -0.1) is 0 Å². The summed E-state index contributed by atoms with van der Waals surface area (Å²) in [5, 5.41) is 2.91. The Morgan fingerprint density at radius 3 is 2.30 bits per heavy atom. The molecule has 1 aromatic rings. The third kappa shape index (κ3) is 4.16. The second-order valence-corrected chi connectivity index (χ2v) is 7.12. The number of hydrogen-bond donors (Lipinski definition) is 3. The molecule has 20 heavy (non-hydrogen) atoms. The molecule has 1 aliphatic carbocycles. The Morgan fingerprint density at radius 1 is 1.15 bits per heavy atom. The van der Waals surface area contributed by atoms with Gasteiger partial charge in [0, 0.05) is 11.7 Å². The molecule has 0 amide bonds. The van der Waals surface area contributed by atoms with E-state index in [1.165, 1.54) is 6.42 Å². The maximum atomic E-state index is 12.3. The largest absolute Gasteiger partial charge is 0.376 e. The molecule has 0 bridgehead atoms. The van der Waals surface area contributed by atoms with Gasteiger partial charge in [0.1, 0.15) is 0 Å². The van der Waals surface area contributed by atoms with Gasteiger partial charge in [0.05, 0.1) is 4.90 Å². The summed E-state index contributed by atoms with van der Waals surface area (Å²) in [6.07, 6.45) is 5.20. The Balaban J connectivity index is 2.06. The molecular weight excluding hydrogens is 294 g/mol. The number of nitrogens with one attached hydrogen (secondary N) is 2. The Kier molecular flexibility index (Phi) is 4.95. The standard InChI is InChI=1S/C13H19N3O2S2/c14-13(19)15-10-6-8-12(9-7-10)20(17,18)16-11-4-2-1-3-5-11/h6-9,11,16H,1-5H2,(H3,14,15,19). The normalized spacial score (nSPS) is 16.8. The summed E-state index contributed by atoms with van der Waals surface area (Å²) >= 11 is 4.73. The first kappa shape index (κ1) is 15.2. The quantitative estimate of drug-likeness (QED) is 0.740. The predicted molar refractivity (Wildman–Crippen MR) is 84.0 cm³/mol. The number of hydrogen-bond acceptors (Lipinski definition) is 3. The van der Waals surface area contributed by atoms with E-state index in [2.05, 4.69) is 10.0 Å². The van der Waals surface area contributed by atoms with E-state index >= 15 is 0 Å². The summed E-state index contributed by atoms with van der Waals surface area (Å²) in [4.78, 5) is 0.261. The first-order valence-corrected chi connectivity index (χ1v) is 8.55. The van der Waals surface area contributed by atoms with Crippen molar-refractivity contribution in [1.29, 1.82) is 0 Å². The minimum absolute atomic E-state index is 0.0585. The number of nitrogens with two attached hydrogens (primary N) is 1. The smallest absolute Gasteiger partial charge is 0.240 e. The molecule has 0 atom stereocenters. The maximum Gasteiger partial charge on any atom is 0.240 e. The van der Waals surface area contributed by atoms with Gasteiger partial charge in [0.15, 0.2) is 5.11 Å². The lowest BCUT2D eigenvalue weighted by molar-refractivity contribution is 0.412. The summed E-state index contributed by atoms with van der Waals surface area (Å²) in [5.41, 5.74) is 6.04. The van der Waals surface area contributed by atoms with E-state index in [1.807, 2.05) is 0 Å². The highest BCUT2D eigenvalue weighted by Crippen LogP contribution is 2.20. The van der Waals surface area contributed by atoms with Gasteiger partial charge in [-0.05, 0) is 49.3 Å². The lowest BCUT2D eigenvalue weighted by atomic mass is 9.96. The van der Waals surface area contributed by atoms with Gasteiger partial charge in [0.25, 0.3) is 0 Å². The topological polar surface area (TPSA) is 84.2 Å².